The summed E-state index contributed by atoms with van der Waals surface area (Å²) in [5.74, 6) is -0.132. The predicted octanol–water partition coefficient (Wildman–Crippen LogP) is 6.63. The molecule has 0 saturated carbocycles. The van der Waals surface area contributed by atoms with E-state index in [4.69, 9.17) is 0 Å². The Kier molecular flexibility index (Phi) is 9.32. The number of hydrogen-bond donors (Lipinski definition) is 2. The third-order valence-electron chi connectivity index (χ3n) is 7.30. The van der Waals surface area contributed by atoms with Gasteiger partial charge in [-0.3, -0.25) is 9.59 Å². The number of hydrogen-bond acceptors (Lipinski definition) is 4. The Hall–Kier alpha value is -4.33. The zero-order valence-electron chi connectivity index (χ0n) is 22.5. The van der Waals surface area contributed by atoms with Gasteiger partial charge in [0.25, 0.3) is 11.8 Å². The van der Waals surface area contributed by atoms with Gasteiger partial charge in [-0.15, -0.1) is 24.8 Å². The highest BCUT2D eigenvalue weighted by molar-refractivity contribution is 6.07. The van der Waals surface area contributed by atoms with Gasteiger partial charge in [-0.2, -0.15) is 0 Å². The summed E-state index contributed by atoms with van der Waals surface area (Å²) in [6.45, 7) is 4.22. The van der Waals surface area contributed by atoms with Gasteiger partial charge in [0.15, 0.2) is 0 Å². The minimum atomic E-state index is -0.144. The summed E-state index contributed by atoms with van der Waals surface area (Å²) in [4.78, 5) is 38.4. The van der Waals surface area contributed by atoms with Crippen LogP contribution < -0.4 is 10.2 Å². The predicted molar refractivity (Wildman–Crippen MR) is 168 cm³/mol. The average molecular weight is 589 g/mol. The Balaban J connectivity index is 0.00000194. The van der Waals surface area contributed by atoms with Gasteiger partial charge in [0.05, 0.1) is 18.6 Å². The summed E-state index contributed by atoms with van der Waals surface area (Å²) < 4.78 is 0. The molecule has 1 aliphatic rings. The molecule has 0 unspecified atom stereocenters. The van der Waals surface area contributed by atoms with E-state index in [2.05, 4.69) is 20.2 Å². The van der Waals surface area contributed by atoms with E-state index in [9.17, 15) is 9.59 Å². The number of benzene rings is 4. The first kappa shape index (κ1) is 29.6. The third-order valence-corrected chi connectivity index (χ3v) is 7.30. The number of aromatic amines is 1. The van der Waals surface area contributed by atoms with Crippen LogP contribution in [0.5, 0.6) is 0 Å². The molecule has 0 spiro atoms. The minimum absolute atomic E-state index is 0. The van der Waals surface area contributed by atoms with Crippen LogP contribution in [0.25, 0.3) is 10.8 Å². The molecule has 0 radical (unpaired) electrons. The standard InChI is InChI=1S/C32H29N5O2.2ClH/c1-22-7-2-4-10-27(22)31(38)35-25-14-13-24-19-37(16-15-36(30(24)17-25)20-26-18-33-21-34-26)32(39)29-12-6-9-23-8-3-5-11-28(23)29;;/h2-14,17-18,21H,15-16,19-20H2,1H3,(H,33,34)(H,35,38);2*1H. The Bertz CT molecular complexity index is 1670. The van der Waals surface area contributed by atoms with Crippen LogP contribution in [0.2, 0.25) is 0 Å². The minimum Gasteiger partial charge on any atom is -0.364 e. The van der Waals surface area contributed by atoms with Gasteiger partial charge in [0, 0.05) is 48.3 Å². The van der Waals surface area contributed by atoms with E-state index in [0.29, 0.717) is 43.0 Å². The molecule has 0 atom stereocenters. The summed E-state index contributed by atoms with van der Waals surface area (Å²) in [5, 5.41) is 5.07. The maximum Gasteiger partial charge on any atom is 0.255 e. The van der Waals surface area contributed by atoms with Crippen molar-refractivity contribution in [2.45, 2.75) is 20.0 Å². The Morgan fingerprint density at radius 2 is 1.66 bits per heavy atom. The molecule has 0 fully saturated rings. The number of aryl methyl sites for hydroxylation is 1. The molecule has 2 amide bonds. The van der Waals surface area contributed by atoms with Crippen molar-refractivity contribution in [1.29, 1.82) is 0 Å². The number of halogens is 2. The fourth-order valence-electron chi connectivity index (χ4n) is 5.24. The number of rotatable bonds is 5. The largest absolute Gasteiger partial charge is 0.364 e. The monoisotopic (exact) mass is 587 g/mol. The lowest BCUT2D eigenvalue weighted by atomic mass is 10.0. The van der Waals surface area contributed by atoms with E-state index < -0.39 is 0 Å². The van der Waals surface area contributed by atoms with Gasteiger partial charge >= 0.3 is 0 Å². The number of imidazole rings is 1. The molecule has 1 aromatic heterocycles. The highest BCUT2D eigenvalue weighted by atomic mass is 35.5. The molecular weight excluding hydrogens is 557 g/mol. The zero-order valence-corrected chi connectivity index (χ0v) is 24.2. The number of carbonyl (C=O) groups is 2. The topological polar surface area (TPSA) is 81.3 Å². The highest BCUT2D eigenvalue weighted by Gasteiger charge is 2.26. The second-order valence-corrected chi connectivity index (χ2v) is 9.86. The second-order valence-electron chi connectivity index (χ2n) is 9.86. The summed E-state index contributed by atoms with van der Waals surface area (Å²) in [5.41, 5.74) is 5.98. The number of amides is 2. The normalized spacial score (nSPS) is 12.5. The fourth-order valence-corrected chi connectivity index (χ4v) is 5.24. The molecule has 1 aliphatic heterocycles. The number of nitrogens with zero attached hydrogens (tertiary/aromatic N) is 3. The molecular formula is C32H31Cl2N5O2. The Morgan fingerprint density at radius 1 is 0.902 bits per heavy atom. The van der Waals surface area contributed by atoms with Gasteiger partial charge in [0.2, 0.25) is 0 Å². The number of H-pyrrole nitrogens is 1. The first-order chi connectivity index (χ1) is 19.1. The van der Waals surface area contributed by atoms with Crippen LogP contribution in [0.3, 0.4) is 0 Å². The zero-order chi connectivity index (χ0) is 26.8. The maximum absolute atomic E-state index is 13.8. The quantitative estimate of drug-likeness (QED) is 0.242. The van der Waals surface area contributed by atoms with Crippen LogP contribution >= 0.6 is 24.8 Å². The lowest BCUT2D eigenvalue weighted by molar-refractivity contribution is 0.0753. The molecule has 4 aromatic carbocycles. The number of nitrogens with one attached hydrogen (secondary N) is 2. The third kappa shape index (κ3) is 6.21. The van der Waals surface area contributed by atoms with E-state index in [0.717, 1.165) is 33.3 Å². The lowest BCUT2D eigenvalue weighted by Gasteiger charge is -2.25. The number of fused-ring (bicyclic) bond motifs is 2. The molecule has 7 nitrogen and oxygen atoms in total. The van der Waals surface area contributed by atoms with Gasteiger partial charge in [-0.1, -0.05) is 60.7 Å². The van der Waals surface area contributed by atoms with E-state index in [1.54, 1.807) is 6.33 Å². The van der Waals surface area contributed by atoms with Crippen LogP contribution in [0.15, 0.2) is 97.5 Å². The van der Waals surface area contributed by atoms with Crippen LogP contribution in [0, 0.1) is 6.92 Å². The lowest BCUT2D eigenvalue weighted by Crippen LogP contribution is -2.35. The molecule has 210 valence electrons. The Labute approximate surface area is 251 Å². The first-order valence-electron chi connectivity index (χ1n) is 13.1. The fraction of sp³-hybridized carbons (Fsp3) is 0.156. The van der Waals surface area contributed by atoms with Crippen molar-refractivity contribution in [1.82, 2.24) is 14.9 Å². The van der Waals surface area contributed by atoms with Gasteiger partial charge < -0.3 is 20.1 Å². The highest BCUT2D eigenvalue weighted by Crippen LogP contribution is 2.31. The van der Waals surface area contributed by atoms with E-state index in [1.807, 2.05) is 103 Å². The molecule has 0 aliphatic carbocycles. The summed E-state index contributed by atoms with van der Waals surface area (Å²) in [6.07, 6.45) is 3.48. The number of anilines is 2. The molecule has 5 aromatic rings. The van der Waals surface area contributed by atoms with Crippen LogP contribution in [0.4, 0.5) is 11.4 Å². The summed E-state index contributed by atoms with van der Waals surface area (Å²) in [6, 6.07) is 27.3. The van der Waals surface area contributed by atoms with Crippen molar-refractivity contribution in [3.05, 3.63) is 125 Å². The first-order valence-corrected chi connectivity index (χ1v) is 13.1. The second kappa shape index (κ2) is 12.9. The maximum atomic E-state index is 13.8. The summed E-state index contributed by atoms with van der Waals surface area (Å²) >= 11 is 0. The van der Waals surface area contributed by atoms with Gasteiger partial charge in [-0.05, 0) is 53.1 Å². The van der Waals surface area contributed by atoms with Crippen molar-refractivity contribution in [2.24, 2.45) is 0 Å². The molecule has 0 bridgehead atoms. The van der Waals surface area contributed by atoms with Crippen molar-refractivity contribution in [3.63, 3.8) is 0 Å². The smallest absolute Gasteiger partial charge is 0.255 e. The Morgan fingerprint density at radius 3 is 2.46 bits per heavy atom. The summed E-state index contributed by atoms with van der Waals surface area (Å²) in [7, 11) is 0. The van der Waals surface area contributed by atoms with Crippen molar-refractivity contribution in [2.75, 3.05) is 23.3 Å². The molecule has 2 N–H and O–H groups in total. The van der Waals surface area contributed by atoms with Gasteiger partial charge in [-0.25, -0.2) is 4.98 Å². The molecule has 6 rings (SSSR count). The molecule has 41 heavy (non-hydrogen) atoms. The van der Waals surface area contributed by atoms with E-state index in [-0.39, 0.29) is 36.6 Å². The van der Waals surface area contributed by atoms with Crippen molar-refractivity contribution >= 4 is 58.8 Å². The van der Waals surface area contributed by atoms with Crippen LogP contribution in [-0.4, -0.2) is 39.8 Å². The SMILES string of the molecule is Cc1ccccc1C(=O)Nc1ccc2c(c1)N(Cc1cnc[nH]1)CCN(C(=O)c1cccc3ccccc13)C2.Cl.Cl. The van der Waals surface area contributed by atoms with Crippen LogP contribution in [0.1, 0.15) is 37.5 Å². The average Bonchev–Trinajstić information content (AvgIpc) is 3.41. The van der Waals surface area contributed by atoms with E-state index >= 15 is 0 Å². The van der Waals surface area contributed by atoms with Crippen LogP contribution in [-0.2, 0) is 13.1 Å². The van der Waals surface area contributed by atoms with Crippen molar-refractivity contribution in [3.8, 4) is 0 Å². The number of aromatic nitrogens is 2. The van der Waals surface area contributed by atoms with E-state index in [1.165, 1.54) is 0 Å². The molecule has 9 heteroatoms. The van der Waals surface area contributed by atoms with Gasteiger partial charge in [0.1, 0.15) is 0 Å². The molecule has 0 saturated heterocycles. The number of carbonyl (C=O) groups excluding carboxylic acids is 2. The molecule has 2 heterocycles. The van der Waals surface area contributed by atoms with Crippen molar-refractivity contribution < 1.29 is 9.59 Å².